The number of halogens is 2. The second-order valence-electron chi connectivity index (χ2n) is 12.7. The minimum atomic E-state index is -4.16. The molecule has 3 aromatic carbocycles. The van der Waals surface area contributed by atoms with Crippen molar-refractivity contribution in [1.82, 2.24) is 5.32 Å². The van der Waals surface area contributed by atoms with Crippen LogP contribution in [0.25, 0.3) is 11.1 Å². The molecule has 4 rings (SSSR count). The van der Waals surface area contributed by atoms with Gasteiger partial charge in [-0.3, -0.25) is 14.1 Å². The first-order valence-electron chi connectivity index (χ1n) is 14.9. The van der Waals surface area contributed by atoms with Crippen LogP contribution in [0, 0.1) is 23.2 Å². The van der Waals surface area contributed by atoms with Crippen LogP contribution in [-0.4, -0.2) is 37.1 Å². The van der Waals surface area contributed by atoms with Gasteiger partial charge in [-0.2, -0.15) is 8.42 Å². The van der Waals surface area contributed by atoms with E-state index >= 15 is 0 Å². The number of nitrogens with one attached hydrogen (secondary N) is 2. The summed E-state index contributed by atoms with van der Waals surface area (Å²) >= 11 is 12.4. The molecule has 0 aromatic heterocycles. The van der Waals surface area contributed by atoms with E-state index in [0.717, 1.165) is 42.4 Å². The summed E-state index contributed by atoms with van der Waals surface area (Å²) in [6.07, 6.45) is 4.64. The molecule has 7 nitrogen and oxygen atoms in total. The molecule has 0 radical (unpaired) electrons. The van der Waals surface area contributed by atoms with Crippen LogP contribution in [0.1, 0.15) is 62.4 Å². The molecule has 0 aliphatic heterocycles. The lowest BCUT2D eigenvalue weighted by atomic mass is 9.66. The molecule has 1 saturated carbocycles. The Hall–Kier alpha value is -2.91. The Labute approximate surface area is 270 Å². The van der Waals surface area contributed by atoms with Crippen LogP contribution in [0.2, 0.25) is 10.0 Å². The third-order valence-corrected chi connectivity index (χ3v) is 9.88. The van der Waals surface area contributed by atoms with Crippen molar-refractivity contribution in [3.8, 4) is 11.1 Å². The molecule has 0 bridgehead atoms. The van der Waals surface area contributed by atoms with Gasteiger partial charge in [-0.05, 0) is 96.9 Å². The number of rotatable bonds is 10. The van der Waals surface area contributed by atoms with E-state index in [1.54, 1.807) is 24.3 Å². The van der Waals surface area contributed by atoms with Gasteiger partial charge >= 0.3 is 0 Å². The largest absolute Gasteiger partial charge is 0.351 e. The lowest BCUT2D eigenvalue weighted by Gasteiger charge is -2.39. The fourth-order valence-electron chi connectivity index (χ4n) is 5.99. The van der Waals surface area contributed by atoms with Crippen molar-refractivity contribution in [3.63, 3.8) is 0 Å². The fraction of sp³-hybridized carbons (Fsp3) is 0.412. The van der Waals surface area contributed by atoms with Gasteiger partial charge in [-0.25, -0.2) is 0 Å². The summed E-state index contributed by atoms with van der Waals surface area (Å²) in [5.74, 6) is -0.428. The quantitative estimate of drug-likeness (QED) is 0.192. The fourth-order valence-corrected chi connectivity index (χ4v) is 6.87. The molecule has 1 unspecified atom stereocenters. The third-order valence-electron chi connectivity index (χ3n) is 8.61. The van der Waals surface area contributed by atoms with Gasteiger partial charge in [0.05, 0.1) is 5.75 Å². The van der Waals surface area contributed by atoms with E-state index < -0.39 is 21.8 Å². The zero-order chi connectivity index (χ0) is 32.1. The lowest BCUT2D eigenvalue weighted by Crippen LogP contribution is -2.35. The van der Waals surface area contributed by atoms with Crippen molar-refractivity contribution in [2.45, 2.75) is 52.9 Å². The normalized spacial score (nSPS) is 18.0. The van der Waals surface area contributed by atoms with Crippen molar-refractivity contribution in [3.05, 3.63) is 87.9 Å². The summed E-state index contributed by atoms with van der Waals surface area (Å²) in [6, 6.07) is 20.0. The monoisotopic (exact) mass is 658 g/mol. The van der Waals surface area contributed by atoms with E-state index in [1.807, 2.05) is 42.5 Å². The van der Waals surface area contributed by atoms with Gasteiger partial charge in [0.1, 0.15) is 0 Å². The van der Waals surface area contributed by atoms with Crippen molar-refractivity contribution >= 4 is 50.8 Å². The molecule has 0 saturated heterocycles. The van der Waals surface area contributed by atoms with Gasteiger partial charge in [-0.1, -0.05) is 74.3 Å². The van der Waals surface area contributed by atoms with Crippen molar-refractivity contribution in [1.29, 1.82) is 0 Å². The topological polar surface area (TPSA) is 113 Å². The molecule has 236 valence electrons. The second-order valence-corrected chi connectivity index (χ2v) is 15.1. The zero-order valence-electron chi connectivity index (χ0n) is 25.3. The van der Waals surface area contributed by atoms with Gasteiger partial charge < -0.3 is 10.6 Å². The zero-order valence-corrected chi connectivity index (χ0v) is 27.6. The van der Waals surface area contributed by atoms with Gasteiger partial charge in [0.2, 0.25) is 5.91 Å². The molecule has 1 aliphatic carbocycles. The Bertz CT molecular complexity index is 1560. The second kappa shape index (κ2) is 14.5. The van der Waals surface area contributed by atoms with Crippen molar-refractivity contribution in [2.75, 3.05) is 17.6 Å². The van der Waals surface area contributed by atoms with Crippen LogP contribution in [0.5, 0.6) is 0 Å². The summed E-state index contributed by atoms with van der Waals surface area (Å²) in [5.41, 5.74) is 4.02. The molecule has 0 heterocycles. The van der Waals surface area contributed by atoms with E-state index in [0.29, 0.717) is 33.6 Å². The molecular formula is C34H40Cl2N2O5S. The van der Waals surface area contributed by atoms with Crippen LogP contribution >= 0.6 is 23.2 Å². The van der Waals surface area contributed by atoms with Crippen LogP contribution < -0.4 is 10.6 Å². The first kappa shape index (κ1) is 34.0. The van der Waals surface area contributed by atoms with Crippen molar-refractivity contribution in [2.24, 2.45) is 23.2 Å². The summed E-state index contributed by atoms with van der Waals surface area (Å²) in [4.78, 5) is 26.3. The summed E-state index contributed by atoms with van der Waals surface area (Å²) in [5, 5.41) is 6.76. The number of carbonyl (C=O) groups is 2. The number of anilines is 1. The number of carbonyl (C=O) groups excluding carboxylic acids is 2. The average Bonchev–Trinajstić information content (AvgIpc) is 2.95. The van der Waals surface area contributed by atoms with Crippen molar-refractivity contribution < 1.29 is 22.6 Å². The maximum absolute atomic E-state index is 13.8. The Morgan fingerprint density at radius 3 is 2.14 bits per heavy atom. The third kappa shape index (κ3) is 9.54. The Balaban J connectivity index is 1.47. The van der Waals surface area contributed by atoms with Gasteiger partial charge in [0.15, 0.2) is 0 Å². The van der Waals surface area contributed by atoms with Gasteiger partial charge in [0.25, 0.3) is 16.0 Å². The maximum Gasteiger partial charge on any atom is 0.266 e. The minimum Gasteiger partial charge on any atom is -0.351 e. The minimum absolute atomic E-state index is 0.0338. The smallest absolute Gasteiger partial charge is 0.266 e. The van der Waals surface area contributed by atoms with E-state index in [4.69, 9.17) is 27.8 Å². The SMILES string of the molecule is CC(C)(C)C1CCC(C(Cc2ccc(C(=O)NCCS(=O)(=O)O)cc2)C(=O)Nc2ccc(-c3ccc(Cl)cc3Cl)cc2)CC1. The highest BCUT2D eigenvalue weighted by atomic mass is 35.5. The molecule has 0 spiro atoms. The molecule has 44 heavy (non-hydrogen) atoms. The summed E-state index contributed by atoms with van der Waals surface area (Å²) < 4.78 is 30.7. The number of amides is 2. The van der Waals surface area contributed by atoms with Crippen LogP contribution in [-0.2, 0) is 21.3 Å². The first-order valence-corrected chi connectivity index (χ1v) is 17.2. The highest BCUT2D eigenvalue weighted by Crippen LogP contribution is 2.43. The van der Waals surface area contributed by atoms with Crippen LogP contribution in [0.15, 0.2) is 66.7 Å². The molecule has 10 heteroatoms. The molecular weight excluding hydrogens is 619 g/mol. The van der Waals surface area contributed by atoms with Crippen LogP contribution in [0.3, 0.4) is 0 Å². The van der Waals surface area contributed by atoms with E-state index in [9.17, 15) is 18.0 Å². The molecule has 2 amide bonds. The highest BCUT2D eigenvalue weighted by Gasteiger charge is 2.35. The number of benzene rings is 3. The number of hydrogen-bond donors (Lipinski definition) is 3. The molecule has 1 aliphatic rings. The lowest BCUT2D eigenvalue weighted by molar-refractivity contribution is -0.122. The average molecular weight is 660 g/mol. The Morgan fingerprint density at radius 1 is 0.932 bits per heavy atom. The predicted molar refractivity (Wildman–Crippen MR) is 178 cm³/mol. The highest BCUT2D eigenvalue weighted by molar-refractivity contribution is 7.85. The van der Waals surface area contributed by atoms with Crippen LogP contribution in [0.4, 0.5) is 5.69 Å². The Kier molecular flexibility index (Phi) is 11.2. The summed E-state index contributed by atoms with van der Waals surface area (Å²) in [6.45, 7) is 6.66. The predicted octanol–water partition coefficient (Wildman–Crippen LogP) is 7.93. The number of hydrogen-bond acceptors (Lipinski definition) is 4. The van der Waals surface area contributed by atoms with E-state index in [1.165, 1.54) is 0 Å². The first-order chi connectivity index (χ1) is 20.7. The van der Waals surface area contributed by atoms with E-state index in [-0.39, 0.29) is 29.7 Å². The standard InChI is InChI=1S/C34H40Cl2N2O5S/c1-34(2,3)26-12-8-24(9-13-26)30(20-22-4-6-25(7-5-22)32(39)37-18-19-44(41,42)43)33(40)38-28-15-10-23(11-16-28)29-17-14-27(35)21-31(29)36/h4-7,10-11,14-17,21,24,26,30H,8-9,12-13,18-20H2,1-3H3,(H,37,39)(H,38,40)(H,41,42,43). The maximum atomic E-state index is 13.8. The van der Waals surface area contributed by atoms with Gasteiger partial charge in [0, 0.05) is 39.3 Å². The van der Waals surface area contributed by atoms with E-state index in [2.05, 4.69) is 31.4 Å². The molecule has 3 N–H and O–H groups in total. The molecule has 3 aromatic rings. The Morgan fingerprint density at radius 2 is 1.57 bits per heavy atom. The van der Waals surface area contributed by atoms with Gasteiger partial charge in [-0.15, -0.1) is 0 Å². The molecule has 1 atom stereocenters. The summed E-state index contributed by atoms with van der Waals surface area (Å²) in [7, 11) is -4.16. The molecule has 1 fully saturated rings.